The Bertz CT molecular complexity index is 609. The molecule has 0 aliphatic carbocycles. The maximum atomic E-state index is 13.5. The molecule has 0 unspecified atom stereocenters. The van der Waals surface area contributed by atoms with Gasteiger partial charge in [-0.3, -0.25) is 4.79 Å². The van der Waals surface area contributed by atoms with Crippen LogP contribution in [0.5, 0.6) is 5.75 Å². The van der Waals surface area contributed by atoms with Crippen LogP contribution < -0.4 is 4.74 Å². The average molecular weight is 262 g/mol. The van der Waals surface area contributed by atoms with Crippen molar-refractivity contribution in [1.29, 1.82) is 0 Å². The first-order chi connectivity index (χ1) is 9.11. The SMILES string of the molecule is COc1ccccc1C(=O)Cc1cc(F)ccc1F. The number of carbonyl (C=O) groups excluding carboxylic acids is 1. The predicted octanol–water partition coefficient (Wildman–Crippen LogP) is 3.40. The number of hydrogen-bond acceptors (Lipinski definition) is 2. The van der Waals surface area contributed by atoms with E-state index in [1.54, 1.807) is 24.3 Å². The number of carbonyl (C=O) groups is 1. The Morgan fingerprint density at radius 1 is 1.16 bits per heavy atom. The zero-order valence-electron chi connectivity index (χ0n) is 10.3. The van der Waals surface area contributed by atoms with Crippen LogP contribution in [0, 0.1) is 11.6 Å². The van der Waals surface area contributed by atoms with Crippen LogP contribution in [0.1, 0.15) is 15.9 Å². The van der Waals surface area contributed by atoms with Crippen molar-refractivity contribution in [1.82, 2.24) is 0 Å². The fraction of sp³-hybridized carbons (Fsp3) is 0.133. The Labute approximate surface area is 109 Å². The van der Waals surface area contributed by atoms with Crippen LogP contribution in [0.2, 0.25) is 0 Å². The van der Waals surface area contributed by atoms with Crippen molar-refractivity contribution < 1.29 is 18.3 Å². The van der Waals surface area contributed by atoms with E-state index in [1.807, 2.05) is 0 Å². The number of hydrogen-bond donors (Lipinski definition) is 0. The van der Waals surface area contributed by atoms with Crippen molar-refractivity contribution in [3.63, 3.8) is 0 Å². The third-order valence-electron chi connectivity index (χ3n) is 2.77. The number of ether oxygens (including phenoxy) is 1. The molecule has 2 rings (SSSR count). The van der Waals surface area contributed by atoms with Gasteiger partial charge >= 0.3 is 0 Å². The minimum atomic E-state index is -0.593. The molecule has 19 heavy (non-hydrogen) atoms. The molecular weight excluding hydrogens is 250 g/mol. The Kier molecular flexibility index (Phi) is 3.90. The van der Waals surface area contributed by atoms with Crippen molar-refractivity contribution in [3.8, 4) is 5.75 Å². The smallest absolute Gasteiger partial charge is 0.171 e. The van der Waals surface area contributed by atoms with Crippen LogP contribution in [0.3, 0.4) is 0 Å². The lowest BCUT2D eigenvalue weighted by molar-refractivity contribution is 0.0989. The number of halogens is 2. The average Bonchev–Trinajstić information content (AvgIpc) is 2.42. The number of benzene rings is 2. The normalized spacial score (nSPS) is 10.3. The molecule has 0 aromatic heterocycles. The van der Waals surface area contributed by atoms with Crippen molar-refractivity contribution in [2.75, 3.05) is 7.11 Å². The van der Waals surface area contributed by atoms with Gasteiger partial charge in [0.05, 0.1) is 12.7 Å². The van der Waals surface area contributed by atoms with Gasteiger partial charge in [0.1, 0.15) is 17.4 Å². The van der Waals surface area contributed by atoms with Crippen LogP contribution in [0.25, 0.3) is 0 Å². The molecule has 0 saturated heterocycles. The third-order valence-corrected chi connectivity index (χ3v) is 2.77. The standard InChI is InChI=1S/C15H12F2O2/c1-19-15-5-3-2-4-12(15)14(18)9-10-8-11(16)6-7-13(10)17/h2-8H,9H2,1H3. The molecule has 0 radical (unpaired) electrons. The van der Waals surface area contributed by atoms with Gasteiger partial charge in [-0.15, -0.1) is 0 Å². The summed E-state index contributed by atoms with van der Waals surface area (Å²) in [5.74, 6) is -1.06. The van der Waals surface area contributed by atoms with Crippen LogP contribution >= 0.6 is 0 Å². The highest BCUT2D eigenvalue weighted by atomic mass is 19.1. The van der Waals surface area contributed by atoms with Gasteiger partial charge in [-0.1, -0.05) is 12.1 Å². The quantitative estimate of drug-likeness (QED) is 0.789. The molecule has 4 heteroatoms. The summed E-state index contributed by atoms with van der Waals surface area (Å²) in [5, 5.41) is 0. The Balaban J connectivity index is 2.28. The van der Waals surface area contributed by atoms with E-state index in [-0.39, 0.29) is 17.8 Å². The fourth-order valence-corrected chi connectivity index (χ4v) is 1.82. The Morgan fingerprint density at radius 2 is 1.89 bits per heavy atom. The summed E-state index contributed by atoms with van der Waals surface area (Å²) in [5.41, 5.74) is 0.393. The first kappa shape index (κ1) is 13.2. The minimum Gasteiger partial charge on any atom is -0.496 e. The second kappa shape index (κ2) is 5.61. The molecule has 0 amide bonds. The molecule has 0 heterocycles. The first-order valence-corrected chi connectivity index (χ1v) is 5.72. The van der Waals surface area contributed by atoms with Gasteiger partial charge in [-0.2, -0.15) is 0 Å². The van der Waals surface area contributed by atoms with E-state index in [1.165, 1.54) is 7.11 Å². The van der Waals surface area contributed by atoms with Crippen molar-refractivity contribution in [2.45, 2.75) is 6.42 Å². The number of para-hydroxylation sites is 1. The highest BCUT2D eigenvalue weighted by molar-refractivity contribution is 5.99. The fourth-order valence-electron chi connectivity index (χ4n) is 1.82. The Hall–Kier alpha value is -2.23. The maximum Gasteiger partial charge on any atom is 0.171 e. The van der Waals surface area contributed by atoms with Gasteiger partial charge in [-0.05, 0) is 35.9 Å². The van der Waals surface area contributed by atoms with E-state index in [9.17, 15) is 13.6 Å². The van der Waals surface area contributed by atoms with Gasteiger partial charge in [0, 0.05) is 6.42 Å². The molecule has 2 aromatic rings. The van der Waals surface area contributed by atoms with Gasteiger partial charge in [-0.25, -0.2) is 8.78 Å². The third kappa shape index (κ3) is 2.96. The van der Waals surface area contributed by atoms with E-state index in [4.69, 9.17) is 4.74 Å². The zero-order valence-corrected chi connectivity index (χ0v) is 10.3. The monoisotopic (exact) mass is 262 g/mol. The number of rotatable bonds is 4. The van der Waals surface area contributed by atoms with Gasteiger partial charge in [0.15, 0.2) is 5.78 Å². The summed E-state index contributed by atoms with van der Waals surface area (Å²) >= 11 is 0. The maximum absolute atomic E-state index is 13.5. The van der Waals surface area contributed by atoms with E-state index >= 15 is 0 Å². The van der Waals surface area contributed by atoms with Crippen molar-refractivity contribution in [3.05, 3.63) is 65.2 Å². The topological polar surface area (TPSA) is 26.3 Å². The second-order valence-electron chi connectivity index (χ2n) is 4.04. The molecular formula is C15H12F2O2. The highest BCUT2D eigenvalue weighted by Gasteiger charge is 2.14. The molecule has 2 aromatic carbocycles. The lowest BCUT2D eigenvalue weighted by Gasteiger charge is -2.07. The number of Topliss-reactive ketones (excluding diaryl/α,β-unsaturated/α-hetero) is 1. The zero-order chi connectivity index (χ0) is 13.8. The van der Waals surface area contributed by atoms with Crippen molar-refractivity contribution in [2.24, 2.45) is 0 Å². The van der Waals surface area contributed by atoms with E-state index in [2.05, 4.69) is 0 Å². The first-order valence-electron chi connectivity index (χ1n) is 5.72. The van der Waals surface area contributed by atoms with E-state index < -0.39 is 11.6 Å². The molecule has 0 saturated carbocycles. The van der Waals surface area contributed by atoms with E-state index in [0.717, 1.165) is 18.2 Å². The second-order valence-corrected chi connectivity index (χ2v) is 4.04. The Morgan fingerprint density at radius 3 is 2.63 bits per heavy atom. The summed E-state index contributed by atoms with van der Waals surface area (Å²) in [4.78, 5) is 12.1. The molecule has 0 spiro atoms. The molecule has 0 bridgehead atoms. The van der Waals surface area contributed by atoms with Crippen molar-refractivity contribution >= 4 is 5.78 Å². The van der Waals surface area contributed by atoms with Crippen LogP contribution in [-0.2, 0) is 6.42 Å². The summed E-state index contributed by atoms with van der Waals surface area (Å²) in [7, 11) is 1.45. The minimum absolute atomic E-state index is 0.0379. The highest BCUT2D eigenvalue weighted by Crippen LogP contribution is 2.20. The largest absolute Gasteiger partial charge is 0.496 e. The summed E-state index contributed by atoms with van der Waals surface area (Å²) < 4.78 is 31.6. The lowest BCUT2D eigenvalue weighted by atomic mass is 10.0. The molecule has 0 atom stereocenters. The van der Waals surface area contributed by atoms with Gasteiger partial charge < -0.3 is 4.74 Å². The summed E-state index contributed by atoms with van der Waals surface area (Å²) in [6.07, 6.45) is -0.204. The molecule has 0 N–H and O–H groups in total. The van der Waals surface area contributed by atoms with Crippen LogP contribution in [-0.4, -0.2) is 12.9 Å². The molecule has 2 nitrogen and oxygen atoms in total. The number of ketones is 1. The predicted molar refractivity (Wildman–Crippen MR) is 67.4 cm³/mol. The van der Waals surface area contributed by atoms with E-state index in [0.29, 0.717) is 11.3 Å². The number of methoxy groups -OCH3 is 1. The molecule has 0 aliphatic rings. The molecule has 0 aliphatic heterocycles. The summed E-state index contributed by atoms with van der Waals surface area (Å²) in [6, 6.07) is 9.73. The summed E-state index contributed by atoms with van der Waals surface area (Å²) in [6.45, 7) is 0. The lowest BCUT2D eigenvalue weighted by Crippen LogP contribution is -2.07. The van der Waals surface area contributed by atoms with Crippen LogP contribution in [0.4, 0.5) is 8.78 Å². The van der Waals surface area contributed by atoms with Gasteiger partial charge in [0.2, 0.25) is 0 Å². The van der Waals surface area contributed by atoms with Gasteiger partial charge in [0.25, 0.3) is 0 Å². The van der Waals surface area contributed by atoms with Crippen LogP contribution in [0.15, 0.2) is 42.5 Å². The molecule has 0 fully saturated rings. The molecule has 98 valence electrons.